The topological polar surface area (TPSA) is 58.6 Å². The van der Waals surface area contributed by atoms with Crippen molar-refractivity contribution in [3.05, 3.63) is 24.3 Å². The second-order valence-corrected chi connectivity index (χ2v) is 6.14. The minimum absolute atomic E-state index is 0.100. The number of likely N-dealkylation sites (tertiary alicyclic amines) is 1. The quantitative estimate of drug-likeness (QED) is 0.873. The number of nitrogens with zero attached hydrogens (tertiary/aromatic N) is 1. The standard InChI is InChI=1S/C17H24N2O3/c1-12(2)22-15-8-6-14(7-9-15)18-16(20)17(21)19-10-4-5-13(3)11-19/h6-9,12-13H,4-5,10-11H2,1-3H3,(H,18,20). The van der Waals surface area contributed by atoms with E-state index >= 15 is 0 Å². The average molecular weight is 304 g/mol. The number of hydrogen-bond donors (Lipinski definition) is 1. The molecule has 1 N–H and O–H groups in total. The molecular formula is C17H24N2O3. The van der Waals surface area contributed by atoms with Gasteiger partial charge in [0.1, 0.15) is 5.75 Å². The van der Waals surface area contributed by atoms with Gasteiger partial charge < -0.3 is 15.0 Å². The number of amides is 2. The van der Waals surface area contributed by atoms with E-state index in [0.717, 1.165) is 18.6 Å². The second kappa shape index (κ2) is 7.29. The number of piperidine rings is 1. The predicted molar refractivity (Wildman–Crippen MR) is 85.8 cm³/mol. The van der Waals surface area contributed by atoms with Crippen LogP contribution in [-0.2, 0) is 9.59 Å². The molecule has 120 valence electrons. The zero-order valence-corrected chi connectivity index (χ0v) is 13.5. The normalized spacial score (nSPS) is 18.2. The summed E-state index contributed by atoms with van der Waals surface area (Å²) in [5.41, 5.74) is 0.597. The first-order valence-corrected chi connectivity index (χ1v) is 7.82. The van der Waals surface area contributed by atoms with Crippen LogP contribution < -0.4 is 10.1 Å². The number of ether oxygens (including phenoxy) is 1. The van der Waals surface area contributed by atoms with E-state index in [2.05, 4.69) is 12.2 Å². The molecule has 0 bridgehead atoms. The van der Waals surface area contributed by atoms with Crippen LogP contribution >= 0.6 is 0 Å². The maximum absolute atomic E-state index is 12.1. The molecule has 0 aliphatic carbocycles. The second-order valence-electron chi connectivity index (χ2n) is 6.14. The van der Waals surface area contributed by atoms with Crippen LogP contribution in [0.25, 0.3) is 0 Å². The lowest BCUT2D eigenvalue weighted by molar-refractivity contribution is -0.144. The molecular weight excluding hydrogens is 280 g/mol. The number of hydrogen-bond acceptors (Lipinski definition) is 3. The van der Waals surface area contributed by atoms with Crippen molar-refractivity contribution in [3.63, 3.8) is 0 Å². The van der Waals surface area contributed by atoms with Gasteiger partial charge in [-0.15, -0.1) is 0 Å². The zero-order valence-electron chi connectivity index (χ0n) is 13.5. The summed E-state index contributed by atoms with van der Waals surface area (Å²) in [6.07, 6.45) is 2.17. The first-order valence-electron chi connectivity index (χ1n) is 7.82. The monoisotopic (exact) mass is 304 g/mol. The molecule has 2 amide bonds. The SMILES string of the molecule is CC1CCCN(C(=O)C(=O)Nc2ccc(OC(C)C)cc2)C1. The molecule has 1 aliphatic heterocycles. The molecule has 1 fully saturated rings. The van der Waals surface area contributed by atoms with Crippen molar-refractivity contribution >= 4 is 17.5 Å². The molecule has 1 aromatic carbocycles. The Kier molecular flexibility index (Phi) is 5.41. The van der Waals surface area contributed by atoms with Crippen LogP contribution in [-0.4, -0.2) is 35.9 Å². The third-order valence-corrected chi connectivity index (χ3v) is 3.62. The van der Waals surface area contributed by atoms with E-state index in [1.165, 1.54) is 0 Å². The number of benzene rings is 1. The summed E-state index contributed by atoms with van der Waals surface area (Å²) in [7, 11) is 0. The van der Waals surface area contributed by atoms with Crippen LogP contribution in [0.2, 0.25) is 0 Å². The molecule has 22 heavy (non-hydrogen) atoms. The number of rotatable bonds is 3. The number of anilines is 1. The van der Waals surface area contributed by atoms with Gasteiger partial charge in [0.15, 0.2) is 0 Å². The van der Waals surface area contributed by atoms with Crippen molar-refractivity contribution in [2.24, 2.45) is 5.92 Å². The molecule has 1 atom stereocenters. The molecule has 1 saturated heterocycles. The van der Waals surface area contributed by atoms with E-state index in [0.29, 0.717) is 24.7 Å². The third-order valence-electron chi connectivity index (χ3n) is 3.62. The molecule has 1 unspecified atom stereocenters. The van der Waals surface area contributed by atoms with Gasteiger partial charge in [0.05, 0.1) is 6.10 Å². The number of carbonyl (C=O) groups is 2. The van der Waals surface area contributed by atoms with E-state index in [4.69, 9.17) is 4.74 Å². The highest BCUT2D eigenvalue weighted by Crippen LogP contribution is 2.18. The van der Waals surface area contributed by atoms with Crippen LogP contribution in [0.15, 0.2) is 24.3 Å². The predicted octanol–water partition coefficient (Wildman–Crippen LogP) is 2.67. The fraction of sp³-hybridized carbons (Fsp3) is 0.529. The van der Waals surface area contributed by atoms with Gasteiger partial charge >= 0.3 is 11.8 Å². The Morgan fingerprint density at radius 3 is 2.55 bits per heavy atom. The number of nitrogens with one attached hydrogen (secondary N) is 1. The summed E-state index contributed by atoms with van der Waals surface area (Å²) >= 11 is 0. The van der Waals surface area contributed by atoms with Gasteiger partial charge in [0.25, 0.3) is 0 Å². The largest absolute Gasteiger partial charge is 0.491 e. The summed E-state index contributed by atoms with van der Waals surface area (Å²) in [6.45, 7) is 7.33. The summed E-state index contributed by atoms with van der Waals surface area (Å²) in [5.74, 6) is 0.169. The molecule has 1 heterocycles. The van der Waals surface area contributed by atoms with Crippen LogP contribution in [0, 0.1) is 5.92 Å². The lowest BCUT2D eigenvalue weighted by Gasteiger charge is -2.30. The zero-order chi connectivity index (χ0) is 16.1. The molecule has 0 spiro atoms. The van der Waals surface area contributed by atoms with Gasteiger partial charge in [-0.1, -0.05) is 6.92 Å². The Balaban J connectivity index is 1.92. The first-order chi connectivity index (χ1) is 10.5. The minimum Gasteiger partial charge on any atom is -0.491 e. The van der Waals surface area contributed by atoms with Crippen molar-refractivity contribution in [2.45, 2.75) is 39.7 Å². The van der Waals surface area contributed by atoms with Gasteiger partial charge in [-0.3, -0.25) is 9.59 Å². The van der Waals surface area contributed by atoms with Crippen LogP contribution in [0.3, 0.4) is 0 Å². The average Bonchev–Trinajstić information content (AvgIpc) is 2.48. The lowest BCUT2D eigenvalue weighted by atomic mass is 10.0. The molecule has 1 aliphatic rings. The Morgan fingerprint density at radius 2 is 1.95 bits per heavy atom. The number of carbonyl (C=O) groups excluding carboxylic acids is 2. The van der Waals surface area contributed by atoms with Crippen molar-refractivity contribution in [1.82, 2.24) is 4.90 Å². The summed E-state index contributed by atoms with van der Waals surface area (Å²) in [4.78, 5) is 25.8. The van der Waals surface area contributed by atoms with Gasteiger partial charge in [-0.2, -0.15) is 0 Å². The molecule has 1 aromatic rings. The van der Waals surface area contributed by atoms with Crippen molar-refractivity contribution in [3.8, 4) is 5.75 Å². The fourth-order valence-electron chi connectivity index (χ4n) is 2.59. The van der Waals surface area contributed by atoms with Crippen molar-refractivity contribution < 1.29 is 14.3 Å². The third kappa shape index (κ3) is 4.48. The van der Waals surface area contributed by atoms with E-state index < -0.39 is 11.8 Å². The van der Waals surface area contributed by atoms with Crippen molar-refractivity contribution in [1.29, 1.82) is 0 Å². The highest BCUT2D eigenvalue weighted by molar-refractivity contribution is 6.39. The Labute approximate surface area is 131 Å². The first kappa shape index (κ1) is 16.3. The van der Waals surface area contributed by atoms with Crippen LogP contribution in [0.4, 0.5) is 5.69 Å². The van der Waals surface area contributed by atoms with Gasteiger partial charge in [0, 0.05) is 18.8 Å². The summed E-state index contributed by atoms with van der Waals surface area (Å²) in [5, 5.41) is 2.65. The minimum atomic E-state index is -0.577. The molecule has 0 saturated carbocycles. The molecule has 0 aromatic heterocycles. The van der Waals surface area contributed by atoms with Crippen molar-refractivity contribution in [2.75, 3.05) is 18.4 Å². The lowest BCUT2D eigenvalue weighted by Crippen LogP contribution is -2.44. The highest BCUT2D eigenvalue weighted by atomic mass is 16.5. The Hall–Kier alpha value is -2.04. The molecule has 5 heteroatoms. The molecule has 2 rings (SSSR count). The van der Waals surface area contributed by atoms with E-state index in [-0.39, 0.29) is 6.10 Å². The summed E-state index contributed by atoms with van der Waals surface area (Å²) in [6, 6.07) is 7.04. The Morgan fingerprint density at radius 1 is 1.27 bits per heavy atom. The smallest absolute Gasteiger partial charge is 0.313 e. The van der Waals surface area contributed by atoms with E-state index in [1.54, 1.807) is 29.2 Å². The van der Waals surface area contributed by atoms with E-state index in [9.17, 15) is 9.59 Å². The van der Waals surface area contributed by atoms with E-state index in [1.807, 2.05) is 13.8 Å². The molecule has 5 nitrogen and oxygen atoms in total. The highest BCUT2D eigenvalue weighted by Gasteiger charge is 2.26. The maximum Gasteiger partial charge on any atom is 0.313 e. The van der Waals surface area contributed by atoms with Crippen LogP contribution in [0.1, 0.15) is 33.6 Å². The van der Waals surface area contributed by atoms with Gasteiger partial charge in [-0.05, 0) is 56.9 Å². The maximum atomic E-state index is 12.1. The van der Waals surface area contributed by atoms with Gasteiger partial charge in [-0.25, -0.2) is 0 Å². The molecule has 0 radical (unpaired) electrons. The van der Waals surface area contributed by atoms with Gasteiger partial charge in [0.2, 0.25) is 0 Å². The fourth-order valence-corrected chi connectivity index (χ4v) is 2.59. The Bertz CT molecular complexity index is 525. The van der Waals surface area contributed by atoms with Crippen LogP contribution in [0.5, 0.6) is 5.75 Å². The summed E-state index contributed by atoms with van der Waals surface area (Å²) < 4.78 is 5.54.